The maximum Gasteiger partial charge on any atom is 0.211 e. The van der Waals surface area contributed by atoms with Crippen LogP contribution in [-0.2, 0) is 39.3 Å². The zero-order chi connectivity index (χ0) is 101. The highest BCUT2D eigenvalue weighted by Gasteiger charge is 2.51. The van der Waals surface area contributed by atoms with Crippen molar-refractivity contribution in [2.75, 3.05) is 11.5 Å². The number of aliphatic hydroxyl groups is 8. The van der Waals surface area contributed by atoms with Crippen molar-refractivity contribution in [1.82, 2.24) is 0 Å². The van der Waals surface area contributed by atoms with Crippen LogP contribution in [0.1, 0.15) is 304 Å². The van der Waals surface area contributed by atoms with Gasteiger partial charge in [-0.05, 0) is 358 Å². The van der Waals surface area contributed by atoms with Crippen LogP contribution >= 0.6 is 0 Å². The van der Waals surface area contributed by atoms with E-state index in [9.17, 15) is 83.3 Å². The summed E-state index contributed by atoms with van der Waals surface area (Å²) in [5.74, 6) is 2.84. The third kappa shape index (κ3) is 26.9. The number of hydrogen-bond acceptors (Lipinski definition) is 16. The number of halogens is 2. The van der Waals surface area contributed by atoms with Gasteiger partial charge in [-0.2, -0.15) is 8.78 Å². The third-order valence-corrected chi connectivity index (χ3v) is 41.5. The Morgan fingerprint density at radius 3 is 0.836 bits per heavy atom. The van der Waals surface area contributed by atoms with Gasteiger partial charge in [-0.3, -0.25) is 0 Å². The van der Waals surface area contributed by atoms with E-state index in [4.69, 9.17) is 0 Å². The summed E-state index contributed by atoms with van der Waals surface area (Å²) >= 11 is 0. The quantitative estimate of drug-likeness (QED) is 0.0453. The molecule has 8 N–H and O–H groups in total. The van der Waals surface area contributed by atoms with E-state index >= 15 is 0 Å². The first-order valence-electron chi connectivity index (χ1n) is 51.0. The van der Waals surface area contributed by atoms with Crippen molar-refractivity contribution in [1.29, 1.82) is 0 Å². The molecule has 6 unspecified atom stereocenters. The lowest BCUT2D eigenvalue weighted by atomic mass is 9.62. The molecule has 2 aromatic rings. The molecule has 0 heterocycles. The van der Waals surface area contributed by atoms with E-state index < -0.39 is 108 Å². The largest absolute Gasteiger partial charge is 0.393 e. The van der Waals surface area contributed by atoms with E-state index in [0.29, 0.717) is 133 Å². The minimum Gasteiger partial charge on any atom is -0.393 e. The van der Waals surface area contributed by atoms with Gasteiger partial charge in [-0.15, -0.1) is 0 Å². The topological polar surface area (TPSA) is 298 Å². The Balaban J connectivity index is 0.000000208. The van der Waals surface area contributed by atoms with Crippen molar-refractivity contribution in [2.45, 2.75) is 373 Å². The number of rotatable bonds is 24. The van der Waals surface area contributed by atoms with Crippen LogP contribution in [0.2, 0.25) is 0 Å². The highest BCUT2D eigenvalue weighted by atomic mass is 32.2. The van der Waals surface area contributed by atoms with Crippen molar-refractivity contribution >= 4 is 39.3 Å². The summed E-state index contributed by atoms with van der Waals surface area (Å²) in [6.45, 7) is 43.2. The number of aliphatic hydroxyl groups excluding tert-OH is 8. The van der Waals surface area contributed by atoms with Gasteiger partial charge in [-0.1, -0.05) is 250 Å². The molecule has 0 aromatic heterocycles. The molecule has 0 bridgehead atoms. The number of hydrogen-bond donors (Lipinski definition) is 8. The van der Waals surface area contributed by atoms with Crippen LogP contribution in [0.15, 0.2) is 281 Å². The molecule has 16 nitrogen and oxygen atoms in total. The Kier molecular flexibility index (Phi) is 40.1. The molecule has 776 valence electrons. The van der Waals surface area contributed by atoms with E-state index in [2.05, 4.69) is 142 Å². The van der Waals surface area contributed by atoms with Gasteiger partial charge in [0.25, 0.3) is 0 Å². The van der Waals surface area contributed by atoms with E-state index in [1.165, 1.54) is 98.3 Å². The molecule has 0 radical (unpaired) electrons. The normalized spacial score (nSPS) is 32.9. The van der Waals surface area contributed by atoms with Crippen LogP contribution in [0.3, 0.4) is 0 Å². The SMILES string of the molecule is C.C.C=C1/C(=C\C=C2/CCC[C@]3(C)C([C@H](C)C/C=C(\F)S(=O)(=O)C(C)(C)C)=CC[C@@H]23)C[C@@H](O)C[C@@H]1O.C=C1/C(=C\C=C2/CCC[C@]3(C)C([C@H](C)C/C=C(\F)S(=O)(=O)C(C)(C)C)=CC[C@@H]23)C[C@H](O)C[C@H]1O.C=C1/C(=C\C=C2/CCC[C@]3(C)C([C@H](C)CCCS(=O)(=O)c4ccccc4)=CCC23)CC(O)CC1O.C=C1/C(=C\C=C2/CCC[C@]3(C)C([C@H](C)CCCS(=O)(=O)c4ccccc4)=CCC23)CC(O)CC1O. The summed E-state index contributed by atoms with van der Waals surface area (Å²) in [4.78, 5) is 0.827. The van der Waals surface area contributed by atoms with E-state index in [1.807, 2.05) is 24.3 Å². The molecule has 8 fully saturated rings. The molecule has 140 heavy (non-hydrogen) atoms. The van der Waals surface area contributed by atoms with Gasteiger partial charge < -0.3 is 40.9 Å². The van der Waals surface area contributed by atoms with Crippen LogP contribution in [0.5, 0.6) is 0 Å². The fraction of sp³-hybridized carbons (Fsp3) is 0.593. The molecule has 20 atom stereocenters. The molecular weight excluding hydrogens is 1840 g/mol. The molecule has 8 saturated carbocycles. The Bertz CT molecular complexity index is 5390. The summed E-state index contributed by atoms with van der Waals surface area (Å²) in [6.07, 6.45) is 48.2. The predicted molar refractivity (Wildman–Crippen MR) is 569 cm³/mol. The standard InChI is InChI=1S/2C30H40O4S.2C28H41FO4S.2CH4/c2*1-21(9-8-18-35(33,34)26-11-5-4-6-12-26)27-15-16-28-23(10-7-17-30(27,28)3)13-14-24-19-25(31)20-29(32)22(24)2;2*1-18(9-14-26(29)34(32,33)27(3,4)5)23-12-13-24-20(8-7-15-28(23,24)6)10-11-21-16-22(30)17-25(31)19(21)2;;/h2*4-6,11-15,21,25,28-29,31-32H,2,7-10,16-20H2,1,3H3;2*10-12,14,18,22,24-25,30-31H,2,7-9,13,15-17H2,1,3-6H3;2*1H4/b2*23-13+,24-14-;2*20-10+,21-11-,26-14+;;/t2*21-,25?,28?,29?,30-;18-,22+,24+,25-,28-;18-,22-,24+,25+,28-;;/m1111../s1. The fourth-order valence-electron chi connectivity index (χ4n) is 24.9. The smallest absolute Gasteiger partial charge is 0.211 e. The monoisotopic (exact) mass is 2010 g/mol. The van der Waals surface area contributed by atoms with Crippen molar-refractivity contribution < 1.29 is 83.3 Å². The number of benzene rings is 2. The number of fused-ring (bicyclic) bond motifs is 4. The van der Waals surface area contributed by atoms with Gasteiger partial charge in [0.05, 0.1) is 79.6 Å². The van der Waals surface area contributed by atoms with E-state index in [-0.39, 0.29) is 59.9 Å². The summed E-state index contributed by atoms with van der Waals surface area (Å²) in [6, 6.07) is 17.5. The molecule has 0 amide bonds. The van der Waals surface area contributed by atoms with Gasteiger partial charge in [0.2, 0.25) is 30.0 Å². The van der Waals surface area contributed by atoms with Crippen LogP contribution in [0.25, 0.3) is 0 Å². The summed E-state index contributed by atoms with van der Waals surface area (Å²) in [5, 5.41) is 78.7. The van der Waals surface area contributed by atoms with Crippen molar-refractivity contribution in [3.63, 3.8) is 0 Å². The Hall–Kier alpha value is -6.90. The third-order valence-electron chi connectivity index (χ3n) is 33.3. The van der Waals surface area contributed by atoms with Gasteiger partial charge in [-0.25, -0.2) is 33.7 Å². The molecule has 2 aromatic carbocycles. The fourth-order valence-corrected chi connectivity index (χ4v) is 29.4. The van der Waals surface area contributed by atoms with Crippen LogP contribution in [0, 0.1) is 69.0 Å². The molecule has 22 heteroatoms. The van der Waals surface area contributed by atoms with Crippen LogP contribution in [-0.4, -0.2) is 144 Å². The van der Waals surface area contributed by atoms with Crippen molar-refractivity contribution in [3.8, 4) is 0 Å². The van der Waals surface area contributed by atoms with Gasteiger partial charge in [0, 0.05) is 25.7 Å². The van der Waals surface area contributed by atoms with Crippen LogP contribution in [0.4, 0.5) is 8.78 Å². The zero-order valence-electron chi connectivity index (χ0n) is 84.8. The minimum atomic E-state index is -3.96. The molecule has 0 spiro atoms. The first-order valence-corrected chi connectivity index (χ1v) is 57.2. The highest BCUT2D eigenvalue weighted by Crippen LogP contribution is 2.62. The molecular formula is C118H170F2O16S4. The number of sulfone groups is 4. The molecule has 12 aliphatic carbocycles. The van der Waals surface area contributed by atoms with Crippen LogP contribution < -0.4 is 0 Å². The lowest BCUT2D eigenvalue weighted by Crippen LogP contribution is -2.32. The second kappa shape index (κ2) is 48.2. The van der Waals surface area contributed by atoms with Crippen molar-refractivity contribution in [3.05, 3.63) is 272 Å². The molecule has 0 aliphatic heterocycles. The van der Waals surface area contributed by atoms with Crippen molar-refractivity contribution in [2.24, 2.45) is 69.0 Å². The molecule has 14 rings (SSSR count). The summed E-state index contributed by atoms with van der Waals surface area (Å²) in [5.41, 5.74) is 17.9. The predicted octanol–water partition coefficient (Wildman–Crippen LogP) is 25.3. The van der Waals surface area contributed by atoms with Gasteiger partial charge in [0.15, 0.2) is 19.7 Å². The lowest BCUT2D eigenvalue weighted by molar-refractivity contribution is 0.0856. The second-order valence-corrected chi connectivity index (χ2v) is 54.5. The average molecular weight is 2010 g/mol. The molecule has 12 aliphatic rings. The lowest BCUT2D eigenvalue weighted by Gasteiger charge is -2.42. The second-order valence-electron chi connectivity index (χ2n) is 45.0. The minimum absolute atomic E-state index is 0. The van der Waals surface area contributed by atoms with E-state index in [0.717, 1.165) is 149 Å². The first kappa shape index (κ1) is 117. The molecule has 0 saturated heterocycles. The highest BCUT2D eigenvalue weighted by molar-refractivity contribution is 7.96. The van der Waals surface area contributed by atoms with Gasteiger partial charge >= 0.3 is 0 Å². The average Bonchev–Trinajstić information content (AvgIpc) is 1.61. The van der Waals surface area contributed by atoms with E-state index in [1.54, 1.807) is 48.5 Å². The Morgan fingerprint density at radius 1 is 0.379 bits per heavy atom. The summed E-state index contributed by atoms with van der Waals surface area (Å²) in [7, 11) is -14.4. The summed E-state index contributed by atoms with van der Waals surface area (Å²) < 4.78 is 127. The Morgan fingerprint density at radius 2 is 0.607 bits per heavy atom. The van der Waals surface area contributed by atoms with Gasteiger partial charge in [0.1, 0.15) is 0 Å². The first-order chi connectivity index (χ1) is 64.6. The maximum atomic E-state index is 14.6. The Labute approximate surface area is 841 Å². The maximum absolute atomic E-state index is 14.6. The zero-order valence-corrected chi connectivity index (χ0v) is 88.0. The number of allylic oxidation sites excluding steroid dienone is 22.